The van der Waals surface area contributed by atoms with E-state index in [1.807, 2.05) is 51.1 Å². The van der Waals surface area contributed by atoms with E-state index in [1.54, 1.807) is 16.6 Å². The van der Waals surface area contributed by atoms with Gasteiger partial charge in [-0.1, -0.05) is 41.0 Å². The fraction of sp³-hybridized carbons (Fsp3) is 0.263. The number of amides is 1. The van der Waals surface area contributed by atoms with E-state index < -0.39 is 0 Å². The summed E-state index contributed by atoms with van der Waals surface area (Å²) in [6.07, 6.45) is 0. The Kier molecular flexibility index (Phi) is 4.97. The van der Waals surface area contributed by atoms with Crippen molar-refractivity contribution in [1.82, 2.24) is 20.2 Å². The van der Waals surface area contributed by atoms with E-state index in [4.69, 9.17) is 0 Å². The van der Waals surface area contributed by atoms with Gasteiger partial charge in [0, 0.05) is 12.7 Å². The topological polar surface area (TPSA) is 75.9 Å². The number of hydrogen-bond donors (Lipinski definition) is 1. The maximum Gasteiger partial charge on any atom is 0.250 e. The lowest BCUT2D eigenvalue weighted by Crippen LogP contribution is -2.32. The van der Waals surface area contributed by atoms with Crippen molar-refractivity contribution in [2.75, 3.05) is 23.8 Å². The zero-order valence-electron chi connectivity index (χ0n) is 15.4. The van der Waals surface area contributed by atoms with Crippen molar-refractivity contribution in [2.45, 2.75) is 20.8 Å². The summed E-state index contributed by atoms with van der Waals surface area (Å²) in [5.74, 6) is 0.383. The van der Waals surface area contributed by atoms with Crippen molar-refractivity contribution >= 4 is 17.5 Å². The highest BCUT2D eigenvalue weighted by Crippen LogP contribution is 2.22. The van der Waals surface area contributed by atoms with E-state index >= 15 is 0 Å². The summed E-state index contributed by atoms with van der Waals surface area (Å²) in [6, 6.07) is 13.7. The van der Waals surface area contributed by atoms with Crippen molar-refractivity contribution in [3.05, 3.63) is 59.2 Å². The van der Waals surface area contributed by atoms with Crippen molar-refractivity contribution < 1.29 is 4.79 Å². The third-order valence-corrected chi connectivity index (χ3v) is 4.12. The second-order valence-electron chi connectivity index (χ2n) is 6.40. The second-order valence-corrected chi connectivity index (χ2v) is 6.40. The molecule has 26 heavy (non-hydrogen) atoms. The molecule has 1 heterocycles. The number of likely N-dealkylation sites (N-methyl/N-ethyl adjacent to an activating group) is 1. The molecule has 0 fully saturated rings. The Bertz CT molecular complexity index is 896. The lowest BCUT2D eigenvalue weighted by atomic mass is 10.1. The molecule has 0 unspecified atom stereocenters. The van der Waals surface area contributed by atoms with Crippen LogP contribution in [-0.2, 0) is 4.79 Å². The number of tetrazole rings is 1. The number of carbonyl (C=O) groups excluding carboxylic acids is 1. The molecule has 0 aliphatic rings. The molecule has 0 bridgehead atoms. The fourth-order valence-electron chi connectivity index (χ4n) is 3.00. The molecule has 1 amide bonds. The van der Waals surface area contributed by atoms with E-state index in [9.17, 15) is 4.79 Å². The third-order valence-electron chi connectivity index (χ3n) is 4.12. The van der Waals surface area contributed by atoms with Crippen molar-refractivity contribution in [2.24, 2.45) is 0 Å². The predicted octanol–water partition coefficient (Wildman–Crippen LogP) is 2.66. The van der Waals surface area contributed by atoms with Gasteiger partial charge in [0.1, 0.15) is 0 Å². The van der Waals surface area contributed by atoms with Crippen LogP contribution < -0.4 is 10.2 Å². The van der Waals surface area contributed by atoms with Gasteiger partial charge in [-0.3, -0.25) is 4.79 Å². The van der Waals surface area contributed by atoms with E-state index in [-0.39, 0.29) is 12.5 Å². The SMILES string of the molecule is Cc1cc(C)c(NC(=O)CN(C)c2nnnn2-c2ccccc2)c(C)c1. The Labute approximate surface area is 152 Å². The minimum Gasteiger partial charge on any atom is -0.333 e. The number of rotatable bonds is 5. The number of hydrogen-bond acceptors (Lipinski definition) is 5. The number of carbonyl (C=O) groups is 1. The number of nitrogens with one attached hydrogen (secondary N) is 1. The number of nitrogens with zero attached hydrogens (tertiary/aromatic N) is 5. The van der Waals surface area contributed by atoms with Crippen LogP contribution in [0.1, 0.15) is 16.7 Å². The summed E-state index contributed by atoms with van der Waals surface area (Å²) in [7, 11) is 1.79. The maximum atomic E-state index is 12.5. The Morgan fingerprint density at radius 3 is 2.42 bits per heavy atom. The highest BCUT2D eigenvalue weighted by atomic mass is 16.2. The Morgan fingerprint density at radius 2 is 1.77 bits per heavy atom. The van der Waals surface area contributed by atoms with Crippen LogP contribution in [-0.4, -0.2) is 39.7 Å². The first-order chi connectivity index (χ1) is 12.5. The molecular formula is C19H22N6O. The minimum absolute atomic E-state index is 0.120. The van der Waals surface area contributed by atoms with Crippen molar-refractivity contribution in [3.8, 4) is 5.69 Å². The van der Waals surface area contributed by atoms with Gasteiger partial charge in [-0.2, -0.15) is 4.68 Å². The molecule has 3 aromatic rings. The van der Waals surface area contributed by atoms with Crippen LogP contribution in [0.2, 0.25) is 0 Å². The molecule has 0 saturated heterocycles. The molecule has 0 aliphatic carbocycles. The average molecular weight is 350 g/mol. The monoisotopic (exact) mass is 350 g/mol. The fourth-order valence-corrected chi connectivity index (χ4v) is 3.00. The van der Waals surface area contributed by atoms with Gasteiger partial charge in [0.2, 0.25) is 5.91 Å². The number of anilines is 2. The van der Waals surface area contributed by atoms with Crippen LogP contribution in [0.25, 0.3) is 5.69 Å². The standard InChI is InChI=1S/C19H22N6O/c1-13-10-14(2)18(15(3)11-13)20-17(26)12-24(4)19-21-22-23-25(19)16-8-6-5-7-9-16/h5-11H,12H2,1-4H3,(H,20,26). The van der Waals surface area contributed by atoms with E-state index in [2.05, 4.69) is 33.0 Å². The summed E-state index contributed by atoms with van der Waals surface area (Å²) in [4.78, 5) is 14.2. The number of aromatic nitrogens is 4. The first-order valence-electron chi connectivity index (χ1n) is 8.38. The van der Waals surface area contributed by atoms with E-state index in [0.29, 0.717) is 5.95 Å². The molecule has 1 N–H and O–H groups in total. The average Bonchev–Trinajstić information content (AvgIpc) is 3.08. The van der Waals surface area contributed by atoms with Gasteiger partial charge in [0.25, 0.3) is 5.95 Å². The van der Waals surface area contributed by atoms with Gasteiger partial charge in [0.05, 0.1) is 12.2 Å². The number of benzene rings is 2. The lowest BCUT2D eigenvalue weighted by molar-refractivity contribution is -0.114. The van der Waals surface area contributed by atoms with Gasteiger partial charge < -0.3 is 10.2 Å². The molecule has 0 aliphatic heterocycles. The summed E-state index contributed by atoms with van der Waals surface area (Å²) < 4.78 is 1.61. The first-order valence-corrected chi connectivity index (χ1v) is 8.38. The molecule has 0 saturated carbocycles. The Hall–Kier alpha value is -3.22. The summed E-state index contributed by atoms with van der Waals surface area (Å²) in [5.41, 5.74) is 4.97. The van der Waals surface area contributed by atoms with Crippen LogP contribution in [0.15, 0.2) is 42.5 Å². The van der Waals surface area contributed by atoms with Gasteiger partial charge in [-0.05, 0) is 54.5 Å². The number of para-hydroxylation sites is 1. The molecule has 0 radical (unpaired) electrons. The lowest BCUT2D eigenvalue weighted by Gasteiger charge is -2.18. The van der Waals surface area contributed by atoms with Crippen LogP contribution in [0.3, 0.4) is 0 Å². The molecule has 1 aromatic heterocycles. The van der Waals surface area contributed by atoms with Crippen LogP contribution >= 0.6 is 0 Å². The molecular weight excluding hydrogens is 328 g/mol. The first kappa shape index (κ1) is 17.6. The number of aryl methyl sites for hydroxylation is 3. The third kappa shape index (κ3) is 3.72. The van der Waals surface area contributed by atoms with Crippen LogP contribution in [0, 0.1) is 20.8 Å². The van der Waals surface area contributed by atoms with Crippen molar-refractivity contribution in [1.29, 1.82) is 0 Å². The molecule has 7 nitrogen and oxygen atoms in total. The van der Waals surface area contributed by atoms with Gasteiger partial charge >= 0.3 is 0 Å². The Morgan fingerprint density at radius 1 is 1.12 bits per heavy atom. The maximum absolute atomic E-state index is 12.5. The van der Waals surface area contributed by atoms with Gasteiger partial charge in [-0.15, -0.1) is 0 Å². The summed E-state index contributed by atoms with van der Waals surface area (Å²) >= 11 is 0. The Balaban J connectivity index is 1.74. The summed E-state index contributed by atoms with van der Waals surface area (Å²) in [6.45, 7) is 6.17. The van der Waals surface area contributed by atoms with Gasteiger partial charge in [-0.25, -0.2) is 0 Å². The molecule has 134 valence electrons. The predicted molar refractivity (Wildman–Crippen MR) is 102 cm³/mol. The molecule has 0 spiro atoms. The van der Waals surface area contributed by atoms with Gasteiger partial charge in [0.15, 0.2) is 0 Å². The van der Waals surface area contributed by atoms with E-state index in [0.717, 1.165) is 22.5 Å². The molecule has 3 rings (SSSR count). The van der Waals surface area contributed by atoms with Crippen LogP contribution in [0.5, 0.6) is 0 Å². The molecule has 0 atom stereocenters. The van der Waals surface area contributed by atoms with E-state index in [1.165, 1.54) is 5.56 Å². The molecule has 7 heteroatoms. The minimum atomic E-state index is -0.120. The largest absolute Gasteiger partial charge is 0.333 e. The highest BCUT2D eigenvalue weighted by molar-refractivity contribution is 5.95. The zero-order chi connectivity index (χ0) is 18.7. The summed E-state index contributed by atoms with van der Waals surface area (Å²) in [5, 5.41) is 14.8. The molecule has 2 aromatic carbocycles. The smallest absolute Gasteiger partial charge is 0.250 e. The van der Waals surface area contributed by atoms with Crippen molar-refractivity contribution in [3.63, 3.8) is 0 Å². The highest BCUT2D eigenvalue weighted by Gasteiger charge is 2.16. The normalized spacial score (nSPS) is 10.6. The second kappa shape index (κ2) is 7.35. The van der Waals surface area contributed by atoms with Crippen LogP contribution in [0.4, 0.5) is 11.6 Å². The quantitative estimate of drug-likeness (QED) is 0.766. The zero-order valence-corrected chi connectivity index (χ0v) is 15.4.